The van der Waals surface area contributed by atoms with Gasteiger partial charge in [0, 0.05) is 19.6 Å². The van der Waals surface area contributed by atoms with E-state index in [1.165, 1.54) is 11.1 Å². The fourth-order valence-electron chi connectivity index (χ4n) is 1.82. The molecule has 3 nitrogen and oxygen atoms in total. The molecule has 0 atom stereocenters. The van der Waals surface area contributed by atoms with Gasteiger partial charge in [0.15, 0.2) is 0 Å². The molecule has 0 bridgehead atoms. The Labute approximate surface area is 102 Å². The molecule has 1 aliphatic heterocycles. The SMILES string of the molecule is NCC1=CCN(CCc2ccc(O)cc2)C=C1. The van der Waals surface area contributed by atoms with E-state index < -0.39 is 0 Å². The fraction of sp³-hybridized carbons (Fsp3) is 0.286. The molecule has 0 aromatic heterocycles. The Bertz CT molecular complexity index is 420. The first-order valence-electron chi connectivity index (χ1n) is 5.87. The second kappa shape index (κ2) is 5.55. The number of hydrogen-bond donors (Lipinski definition) is 2. The average Bonchev–Trinajstić information content (AvgIpc) is 2.39. The van der Waals surface area contributed by atoms with Crippen LogP contribution in [0.2, 0.25) is 0 Å². The summed E-state index contributed by atoms with van der Waals surface area (Å²) in [6.07, 6.45) is 7.32. The standard InChI is InChI=1S/C14H18N2O/c15-11-13-6-9-16(10-7-13)8-5-12-1-3-14(17)4-2-12/h1-4,6-7,9,17H,5,8,10-11,15H2. The van der Waals surface area contributed by atoms with Crippen molar-refractivity contribution in [2.75, 3.05) is 19.6 Å². The number of phenolic OH excluding ortho intramolecular Hbond substituents is 1. The maximum atomic E-state index is 9.19. The Morgan fingerprint density at radius 3 is 2.59 bits per heavy atom. The van der Waals surface area contributed by atoms with Gasteiger partial charge in [0.05, 0.1) is 0 Å². The van der Waals surface area contributed by atoms with Gasteiger partial charge in [0.1, 0.15) is 5.75 Å². The predicted octanol–water partition coefficient (Wildman–Crippen LogP) is 1.65. The van der Waals surface area contributed by atoms with Crippen LogP contribution in [0, 0.1) is 0 Å². The number of nitrogens with two attached hydrogens (primary N) is 1. The van der Waals surface area contributed by atoms with Crippen molar-refractivity contribution in [2.24, 2.45) is 5.73 Å². The summed E-state index contributed by atoms with van der Waals surface area (Å²) in [5.41, 5.74) is 8.01. The van der Waals surface area contributed by atoms with Crippen LogP contribution in [-0.4, -0.2) is 29.6 Å². The van der Waals surface area contributed by atoms with E-state index in [-0.39, 0.29) is 0 Å². The molecular formula is C14H18N2O. The van der Waals surface area contributed by atoms with E-state index in [2.05, 4.69) is 23.3 Å². The fourth-order valence-corrected chi connectivity index (χ4v) is 1.82. The number of phenols is 1. The molecule has 1 aromatic rings. The number of aromatic hydroxyl groups is 1. The first-order valence-corrected chi connectivity index (χ1v) is 5.87. The third-order valence-corrected chi connectivity index (χ3v) is 2.95. The van der Waals surface area contributed by atoms with E-state index in [9.17, 15) is 5.11 Å². The van der Waals surface area contributed by atoms with Crippen molar-refractivity contribution in [3.63, 3.8) is 0 Å². The lowest BCUT2D eigenvalue weighted by Gasteiger charge is -2.22. The zero-order chi connectivity index (χ0) is 12.1. The van der Waals surface area contributed by atoms with Crippen LogP contribution in [0.15, 0.2) is 48.2 Å². The second-order valence-electron chi connectivity index (χ2n) is 4.21. The summed E-state index contributed by atoms with van der Waals surface area (Å²) in [6.45, 7) is 2.53. The average molecular weight is 230 g/mol. The molecule has 3 heteroatoms. The van der Waals surface area contributed by atoms with Gasteiger partial charge in [-0.3, -0.25) is 0 Å². The summed E-state index contributed by atoms with van der Waals surface area (Å²) in [5.74, 6) is 0.321. The van der Waals surface area contributed by atoms with Gasteiger partial charge >= 0.3 is 0 Å². The summed E-state index contributed by atoms with van der Waals surface area (Å²) in [6, 6.07) is 7.38. The summed E-state index contributed by atoms with van der Waals surface area (Å²) < 4.78 is 0. The lowest BCUT2D eigenvalue weighted by atomic mass is 10.1. The monoisotopic (exact) mass is 230 g/mol. The third-order valence-electron chi connectivity index (χ3n) is 2.95. The van der Waals surface area contributed by atoms with E-state index in [4.69, 9.17) is 5.73 Å². The number of rotatable bonds is 4. The van der Waals surface area contributed by atoms with Crippen LogP contribution in [0.25, 0.3) is 0 Å². The summed E-state index contributed by atoms with van der Waals surface area (Å²) in [7, 11) is 0. The predicted molar refractivity (Wildman–Crippen MR) is 69.7 cm³/mol. The van der Waals surface area contributed by atoms with E-state index in [1.807, 2.05) is 12.1 Å². The van der Waals surface area contributed by atoms with Crippen LogP contribution in [0.4, 0.5) is 0 Å². The molecule has 1 aromatic carbocycles. The number of benzene rings is 1. The Hall–Kier alpha value is -1.74. The minimum Gasteiger partial charge on any atom is -0.508 e. The summed E-state index contributed by atoms with van der Waals surface area (Å²) >= 11 is 0. The molecular weight excluding hydrogens is 212 g/mol. The molecule has 0 saturated heterocycles. The third kappa shape index (κ3) is 3.36. The molecule has 0 radical (unpaired) electrons. The molecule has 17 heavy (non-hydrogen) atoms. The van der Waals surface area contributed by atoms with Gasteiger partial charge in [0.2, 0.25) is 0 Å². The van der Waals surface area contributed by atoms with Gasteiger partial charge in [-0.05, 0) is 42.0 Å². The van der Waals surface area contributed by atoms with Crippen LogP contribution in [0.5, 0.6) is 5.75 Å². The Kier molecular flexibility index (Phi) is 3.83. The van der Waals surface area contributed by atoms with Crippen molar-refractivity contribution in [1.29, 1.82) is 0 Å². The maximum absolute atomic E-state index is 9.19. The summed E-state index contributed by atoms with van der Waals surface area (Å²) in [5, 5.41) is 9.19. The van der Waals surface area contributed by atoms with Crippen molar-refractivity contribution >= 4 is 0 Å². The largest absolute Gasteiger partial charge is 0.508 e. The molecule has 0 amide bonds. The topological polar surface area (TPSA) is 49.5 Å². The minimum absolute atomic E-state index is 0.321. The van der Waals surface area contributed by atoms with Crippen molar-refractivity contribution in [3.8, 4) is 5.75 Å². The Morgan fingerprint density at radius 2 is 2.00 bits per heavy atom. The Morgan fingerprint density at radius 1 is 1.24 bits per heavy atom. The van der Waals surface area contributed by atoms with Crippen LogP contribution in [0.1, 0.15) is 5.56 Å². The highest BCUT2D eigenvalue weighted by molar-refractivity contribution is 5.27. The van der Waals surface area contributed by atoms with Crippen molar-refractivity contribution in [3.05, 3.63) is 53.8 Å². The van der Waals surface area contributed by atoms with E-state index >= 15 is 0 Å². The molecule has 0 fully saturated rings. The van der Waals surface area contributed by atoms with E-state index in [0.29, 0.717) is 12.3 Å². The maximum Gasteiger partial charge on any atom is 0.115 e. The van der Waals surface area contributed by atoms with Crippen LogP contribution >= 0.6 is 0 Å². The molecule has 2 rings (SSSR count). The van der Waals surface area contributed by atoms with Gasteiger partial charge in [-0.15, -0.1) is 0 Å². The van der Waals surface area contributed by atoms with E-state index in [1.54, 1.807) is 12.1 Å². The zero-order valence-corrected chi connectivity index (χ0v) is 9.84. The molecule has 0 aliphatic carbocycles. The van der Waals surface area contributed by atoms with Crippen LogP contribution in [0.3, 0.4) is 0 Å². The number of hydrogen-bond acceptors (Lipinski definition) is 3. The zero-order valence-electron chi connectivity index (χ0n) is 9.84. The number of nitrogens with zero attached hydrogens (tertiary/aromatic N) is 1. The van der Waals surface area contributed by atoms with Gasteiger partial charge < -0.3 is 15.7 Å². The highest BCUT2D eigenvalue weighted by Crippen LogP contribution is 2.11. The Balaban J connectivity index is 1.82. The molecule has 3 N–H and O–H groups in total. The lowest BCUT2D eigenvalue weighted by molar-refractivity contribution is 0.414. The van der Waals surface area contributed by atoms with Crippen molar-refractivity contribution in [1.82, 2.24) is 4.90 Å². The highest BCUT2D eigenvalue weighted by Gasteiger charge is 2.03. The second-order valence-corrected chi connectivity index (χ2v) is 4.21. The van der Waals surface area contributed by atoms with Crippen molar-refractivity contribution < 1.29 is 5.11 Å². The first-order chi connectivity index (χ1) is 8.28. The smallest absolute Gasteiger partial charge is 0.115 e. The normalized spacial score (nSPS) is 14.9. The van der Waals surface area contributed by atoms with Gasteiger partial charge in [-0.25, -0.2) is 0 Å². The molecule has 1 heterocycles. The van der Waals surface area contributed by atoms with Gasteiger partial charge in [0.25, 0.3) is 0 Å². The van der Waals surface area contributed by atoms with Gasteiger partial charge in [-0.1, -0.05) is 18.2 Å². The first kappa shape index (κ1) is 11.7. The van der Waals surface area contributed by atoms with Crippen LogP contribution < -0.4 is 5.73 Å². The quantitative estimate of drug-likeness (QED) is 0.827. The van der Waals surface area contributed by atoms with E-state index in [0.717, 1.165) is 19.5 Å². The highest BCUT2D eigenvalue weighted by atomic mass is 16.3. The van der Waals surface area contributed by atoms with Gasteiger partial charge in [-0.2, -0.15) is 0 Å². The molecule has 0 saturated carbocycles. The van der Waals surface area contributed by atoms with Crippen LogP contribution in [-0.2, 0) is 6.42 Å². The molecule has 0 spiro atoms. The molecule has 0 unspecified atom stereocenters. The van der Waals surface area contributed by atoms with Crippen molar-refractivity contribution in [2.45, 2.75) is 6.42 Å². The summed E-state index contributed by atoms with van der Waals surface area (Å²) in [4.78, 5) is 2.26. The molecule has 1 aliphatic rings. The molecule has 90 valence electrons. The minimum atomic E-state index is 0.321. The lowest BCUT2D eigenvalue weighted by Crippen LogP contribution is -2.23.